The predicted molar refractivity (Wildman–Crippen MR) is 238 cm³/mol. The maximum absolute atomic E-state index is 13.5. The number of fused-ring (bicyclic) bond motifs is 6. The molecule has 4 aliphatic rings. The molecule has 0 spiro atoms. The molecular formula is C48H57N9O6. The molecule has 15 heteroatoms. The average Bonchev–Trinajstić information content (AvgIpc) is 4.04. The van der Waals surface area contributed by atoms with E-state index >= 15 is 0 Å². The SMILES string of the molecule is COC(=O)N[C@@H](C)C(=O)N1CCCC[C@H]1c1ncc(-c2ccc(-c3ccc(-c4ccc5nc([C@@H]6CCCCN6C(=O)[C@H](C)NC(=O)OC)[nH]c5c4)c4c3C3CC(C)CC4N3)cc2)[nH]1. The molecule has 4 amide bonds. The number of alkyl carbamates (subject to hydrolysis) is 2. The molecule has 7 atom stereocenters. The Kier molecular flexibility index (Phi) is 11.7. The van der Waals surface area contributed by atoms with Crippen LogP contribution in [-0.2, 0) is 19.1 Å². The average molecular weight is 856 g/mol. The smallest absolute Gasteiger partial charge is 0.407 e. The first-order valence-electron chi connectivity index (χ1n) is 22.4. The second-order valence-corrected chi connectivity index (χ2v) is 17.8. The molecule has 2 aromatic heterocycles. The number of nitrogens with one attached hydrogen (secondary N) is 5. The molecule has 0 radical (unpaired) electrons. The van der Waals surface area contributed by atoms with E-state index in [1.54, 1.807) is 13.8 Å². The summed E-state index contributed by atoms with van der Waals surface area (Å²) in [6.07, 6.45) is 8.05. The molecule has 9 rings (SSSR count). The van der Waals surface area contributed by atoms with Crippen LogP contribution in [0.2, 0.25) is 0 Å². The van der Waals surface area contributed by atoms with Crippen molar-refractivity contribution in [2.75, 3.05) is 27.3 Å². The quantitative estimate of drug-likeness (QED) is 0.0980. The number of aromatic amines is 2. The van der Waals surface area contributed by atoms with Crippen molar-refractivity contribution in [2.24, 2.45) is 5.92 Å². The van der Waals surface area contributed by atoms with Crippen molar-refractivity contribution in [1.29, 1.82) is 0 Å². The zero-order valence-corrected chi connectivity index (χ0v) is 36.6. The summed E-state index contributed by atoms with van der Waals surface area (Å²) in [6, 6.07) is 18.3. The molecule has 3 aromatic carbocycles. The van der Waals surface area contributed by atoms with Gasteiger partial charge in [-0.2, -0.15) is 0 Å². The number of H-pyrrole nitrogens is 2. The summed E-state index contributed by atoms with van der Waals surface area (Å²) in [5.74, 6) is 1.77. The molecule has 4 aliphatic heterocycles. The van der Waals surface area contributed by atoms with Gasteiger partial charge >= 0.3 is 12.2 Å². The third-order valence-corrected chi connectivity index (χ3v) is 13.6. The van der Waals surface area contributed by atoms with Crippen LogP contribution in [0.5, 0.6) is 0 Å². The number of benzene rings is 3. The summed E-state index contributed by atoms with van der Waals surface area (Å²) in [5.41, 5.74) is 11.1. The van der Waals surface area contributed by atoms with Gasteiger partial charge in [-0.05, 0) is 122 Å². The van der Waals surface area contributed by atoms with E-state index in [-0.39, 0.29) is 36.0 Å². The van der Waals surface area contributed by atoms with Crippen LogP contribution < -0.4 is 16.0 Å². The van der Waals surface area contributed by atoms with Gasteiger partial charge in [0.2, 0.25) is 11.8 Å². The highest BCUT2D eigenvalue weighted by Gasteiger charge is 2.40. The molecule has 0 aliphatic carbocycles. The minimum atomic E-state index is -0.718. The fourth-order valence-corrected chi connectivity index (χ4v) is 10.5. The van der Waals surface area contributed by atoms with E-state index < -0.39 is 24.3 Å². The van der Waals surface area contributed by atoms with E-state index in [1.165, 1.54) is 36.5 Å². The van der Waals surface area contributed by atoms with Gasteiger partial charge in [0.25, 0.3) is 0 Å². The Morgan fingerprint density at radius 1 is 0.698 bits per heavy atom. The predicted octanol–water partition coefficient (Wildman–Crippen LogP) is 8.00. The van der Waals surface area contributed by atoms with Crippen molar-refractivity contribution in [3.63, 3.8) is 0 Å². The van der Waals surface area contributed by atoms with Gasteiger partial charge in [0.15, 0.2) is 0 Å². The van der Waals surface area contributed by atoms with Gasteiger partial charge in [-0.25, -0.2) is 19.6 Å². The number of piperidine rings is 3. The van der Waals surface area contributed by atoms with E-state index in [1.807, 2.05) is 16.0 Å². The third kappa shape index (κ3) is 8.14. The molecule has 63 heavy (non-hydrogen) atoms. The Labute approximate surface area is 367 Å². The number of carbonyl (C=O) groups is 4. The van der Waals surface area contributed by atoms with Crippen LogP contribution in [0, 0.1) is 5.92 Å². The molecule has 6 heterocycles. The van der Waals surface area contributed by atoms with E-state index in [0.29, 0.717) is 19.0 Å². The molecular weight excluding hydrogens is 799 g/mol. The number of hydrogen-bond donors (Lipinski definition) is 5. The summed E-state index contributed by atoms with van der Waals surface area (Å²) < 4.78 is 9.45. The first-order chi connectivity index (χ1) is 30.5. The fraction of sp³-hybridized carbons (Fsp3) is 0.458. The maximum Gasteiger partial charge on any atom is 0.407 e. The van der Waals surface area contributed by atoms with Gasteiger partial charge in [0.1, 0.15) is 23.7 Å². The lowest BCUT2D eigenvalue weighted by Gasteiger charge is -2.36. The van der Waals surface area contributed by atoms with Crippen molar-refractivity contribution in [1.82, 2.24) is 45.7 Å². The highest BCUT2D eigenvalue weighted by Crippen LogP contribution is 2.52. The van der Waals surface area contributed by atoms with Gasteiger partial charge in [-0.3, -0.25) is 9.59 Å². The summed E-state index contributed by atoms with van der Waals surface area (Å²) in [7, 11) is 2.58. The number of aromatic nitrogens is 4. The van der Waals surface area contributed by atoms with Crippen LogP contribution in [0.3, 0.4) is 0 Å². The Morgan fingerprint density at radius 3 is 1.83 bits per heavy atom. The molecule has 5 aromatic rings. The number of rotatable bonds is 9. The van der Waals surface area contributed by atoms with Gasteiger partial charge in [0.05, 0.1) is 49.2 Å². The van der Waals surface area contributed by atoms with Crippen LogP contribution in [0.25, 0.3) is 44.5 Å². The molecule has 0 saturated carbocycles. The number of nitrogens with zero attached hydrogens (tertiary/aromatic N) is 4. The fourth-order valence-electron chi connectivity index (χ4n) is 10.5. The molecule has 15 nitrogen and oxygen atoms in total. The normalized spacial score (nSPS) is 22.8. The summed E-state index contributed by atoms with van der Waals surface area (Å²) >= 11 is 0. The lowest BCUT2D eigenvalue weighted by atomic mass is 9.86. The number of ether oxygens (including phenoxy) is 2. The molecule has 2 bridgehead atoms. The lowest BCUT2D eigenvalue weighted by Crippen LogP contribution is -2.49. The first-order valence-corrected chi connectivity index (χ1v) is 22.4. The van der Waals surface area contributed by atoms with Crippen LogP contribution in [0.1, 0.15) is 119 Å². The number of carbonyl (C=O) groups excluding carboxylic acids is 4. The number of likely N-dealkylation sites (tertiary alicyclic amines) is 2. The van der Waals surface area contributed by atoms with Crippen molar-refractivity contribution >= 4 is 35.0 Å². The number of amides is 4. The van der Waals surface area contributed by atoms with Crippen molar-refractivity contribution < 1.29 is 28.7 Å². The molecule has 3 saturated heterocycles. The molecule has 3 unspecified atom stereocenters. The summed E-state index contributed by atoms with van der Waals surface area (Å²) in [6.45, 7) is 6.91. The molecule has 330 valence electrons. The number of methoxy groups -OCH3 is 2. The second-order valence-electron chi connectivity index (χ2n) is 17.8. The Hall–Kier alpha value is -6.22. The van der Waals surface area contributed by atoms with Crippen LogP contribution in [0.15, 0.2) is 60.8 Å². The largest absolute Gasteiger partial charge is 0.453 e. The first kappa shape index (κ1) is 42.1. The van der Waals surface area contributed by atoms with E-state index in [0.717, 1.165) is 96.4 Å². The van der Waals surface area contributed by atoms with E-state index in [9.17, 15) is 19.2 Å². The maximum atomic E-state index is 13.5. The number of imidazole rings is 2. The topological polar surface area (TPSA) is 187 Å². The van der Waals surface area contributed by atoms with Gasteiger partial charge in [-0.1, -0.05) is 49.4 Å². The minimum absolute atomic E-state index is 0.154. The standard InChI is InChI=1S/C48H57N9O6/c1-26-22-36-41-32(29-12-14-30(15-13-29)38-25-49-43(55-38)39-10-6-8-20-56(39)45(58)27(2)50-47(60)62-4)17-18-33(42(41)37(23-26)52-36)31-16-19-34-35(24-31)54-44(53-34)40-11-7-9-21-57(40)46(59)28(3)51-48(61)63-5/h12-19,24-28,36-37,39-40,52H,6-11,20-23H2,1-5H3,(H,49,55)(H,50,60)(H,51,61)(H,53,54)/t26?,27-,28-,36?,37?,39-,40-/m0/s1. The number of hydrogen-bond acceptors (Lipinski definition) is 9. The zero-order chi connectivity index (χ0) is 43.9. The van der Waals surface area contributed by atoms with Crippen LogP contribution >= 0.6 is 0 Å². The van der Waals surface area contributed by atoms with E-state index in [4.69, 9.17) is 19.4 Å². The zero-order valence-electron chi connectivity index (χ0n) is 36.6. The van der Waals surface area contributed by atoms with Crippen molar-refractivity contribution in [3.8, 4) is 33.5 Å². The van der Waals surface area contributed by atoms with Crippen molar-refractivity contribution in [2.45, 2.75) is 108 Å². The van der Waals surface area contributed by atoms with Crippen LogP contribution in [-0.4, -0.2) is 93.1 Å². The Bertz CT molecular complexity index is 2530. The highest BCUT2D eigenvalue weighted by molar-refractivity contribution is 5.88. The molecule has 5 N–H and O–H groups in total. The Balaban J connectivity index is 0.980. The van der Waals surface area contributed by atoms with Gasteiger partial charge < -0.3 is 45.2 Å². The summed E-state index contributed by atoms with van der Waals surface area (Å²) in [4.78, 5) is 71.2. The Morgan fingerprint density at radius 2 is 1.24 bits per heavy atom. The summed E-state index contributed by atoms with van der Waals surface area (Å²) in [5, 5.41) is 9.20. The second kappa shape index (κ2) is 17.5. The third-order valence-electron chi connectivity index (χ3n) is 13.6. The lowest BCUT2D eigenvalue weighted by molar-refractivity contribution is -0.137. The van der Waals surface area contributed by atoms with E-state index in [2.05, 4.69) is 87.4 Å². The van der Waals surface area contributed by atoms with Gasteiger partial charge in [0, 0.05) is 25.2 Å². The van der Waals surface area contributed by atoms with Crippen LogP contribution in [0.4, 0.5) is 9.59 Å². The van der Waals surface area contributed by atoms with Crippen molar-refractivity contribution in [3.05, 3.63) is 83.6 Å². The van der Waals surface area contributed by atoms with Gasteiger partial charge in [-0.15, -0.1) is 0 Å². The molecule has 3 fully saturated rings. The highest BCUT2D eigenvalue weighted by atomic mass is 16.5. The minimum Gasteiger partial charge on any atom is -0.453 e. The monoisotopic (exact) mass is 855 g/mol.